The van der Waals surface area contributed by atoms with E-state index in [1.165, 1.54) is 19.3 Å². The van der Waals surface area contributed by atoms with E-state index in [1.807, 2.05) is 6.92 Å². The minimum Gasteiger partial charge on any atom is -0.352 e. The van der Waals surface area contributed by atoms with Crippen LogP contribution in [0.2, 0.25) is 0 Å². The molecule has 1 saturated carbocycles. The summed E-state index contributed by atoms with van der Waals surface area (Å²) in [5.74, 6) is 1.04. The maximum Gasteiger partial charge on any atom is 0.237 e. The molecule has 1 aliphatic heterocycles. The molecule has 1 unspecified atom stereocenters. The first-order valence-corrected chi connectivity index (χ1v) is 7.38. The van der Waals surface area contributed by atoms with Crippen LogP contribution in [0.5, 0.6) is 0 Å². The second kappa shape index (κ2) is 6.53. The normalized spacial score (nSPS) is 23.1. The molecule has 4 heteroatoms. The molecule has 2 rings (SSSR count). The summed E-state index contributed by atoms with van der Waals surface area (Å²) in [6.07, 6.45) is 6.13. The smallest absolute Gasteiger partial charge is 0.237 e. The minimum absolute atomic E-state index is 0.00677. The van der Waals surface area contributed by atoms with E-state index in [1.54, 1.807) is 0 Å². The van der Waals surface area contributed by atoms with Crippen LogP contribution in [0.15, 0.2) is 0 Å². The Hall–Kier alpha value is -0.610. The molecule has 0 aromatic carbocycles. The molecular weight excluding hydrogens is 226 g/mol. The molecule has 18 heavy (non-hydrogen) atoms. The van der Waals surface area contributed by atoms with Gasteiger partial charge in [0, 0.05) is 6.04 Å². The Labute approximate surface area is 110 Å². The molecule has 0 radical (unpaired) electrons. The number of nitrogens with zero attached hydrogens (tertiary/aromatic N) is 1. The van der Waals surface area contributed by atoms with Crippen LogP contribution in [0, 0.1) is 5.92 Å². The number of carbonyl (C=O) groups is 1. The van der Waals surface area contributed by atoms with Gasteiger partial charge < -0.3 is 10.6 Å². The molecule has 4 nitrogen and oxygen atoms in total. The Balaban J connectivity index is 1.65. The second-order valence-corrected chi connectivity index (χ2v) is 5.92. The zero-order chi connectivity index (χ0) is 13.0. The average Bonchev–Trinajstić information content (AvgIpc) is 3.20. The molecule has 0 aromatic rings. The van der Waals surface area contributed by atoms with E-state index in [4.69, 9.17) is 0 Å². The van der Waals surface area contributed by atoms with Gasteiger partial charge in [-0.15, -0.1) is 0 Å². The third-order valence-corrected chi connectivity index (χ3v) is 4.31. The molecule has 1 atom stereocenters. The fourth-order valence-electron chi connectivity index (χ4n) is 2.50. The lowest BCUT2D eigenvalue weighted by molar-refractivity contribution is -0.125. The molecule has 0 spiro atoms. The Morgan fingerprint density at radius 1 is 1.33 bits per heavy atom. The molecular formula is C14H27N3O. The molecule has 1 aliphatic carbocycles. The molecule has 104 valence electrons. The SMILES string of the molecule is CC(C(=O)NC1CC1)N(C)CCC1CCNCC1. The van der Waals surface area contributed by atoms with Crippen molar-refractivity contribution in [3.05, 3.63) is 0 Å². The van der Waals surface area contributed by atoms with Crippen LogP contribution in [-0.2, 0) is 4.79 Å². The van der Waals surface area contributed by atoms with Crippen LogP contribution in [0.3, 0.4) is 0 Å². The quantitative estimate of drug-likeness (QED) is 0.741. The Kier molecular flexibility index (Phi) is 5.01. The van der Waals surface area contributed by atoms with Gasteiger partial charge in [0.2, 0.25) is 5.91 Å². The number of likely N-dealkylation sites (N-methyl/N-ethyl adjacent to an activating group) is 1. The molecule has 1 saturated heterocycles. The Morgan fingerprint density at radius 2 is 2.00 bits per heavy atom. The molecule has 1 heterocycles. The highest BCUT2D eigenvalue weighted by molar-refractivity contribution is 5.81. The van der Waals surface area contributed by atoms with Gasteiger partial charge in [-0.2, -0.15) is 0 Å². The van der Waals surface area contributed by atoms with Gasteiger partial charge in [-0.05, 0) is 71.6 Å². The van der Waals surface area contributed by atoms with Crippen LogP contribution in [0.25, 0.3) is 0 Å². The van der Waals surface area contributed by atoms with Gasteiger partial charge >= 0.3 is 0 Å². The van der Waals surface area contributed by atoms with E-state index >= 15 is 0 Å². The first-order chi connectivity index (χ1) is 8.66. The highest BCUT2D eigenvalue weighted by atomic mass is 16.2. The number of carbonyl (C=O) groups excluding carboxylic acids is 1. The first-order valence-electron chi connectivity index (χ1n) is 7.38. The largest absolute Gasteiger partial charge is 0.352 e. The van der Waals surface area contributed by atoms with E-state index in [0.717, 1.165) is 38.4 Å². The van der Waals surface area contributed by atoms with Gasteiger partial charge in [0.15, 0.2) is 0 Å². The van der Waals surface area contributed by atoms with Crippen molar-refractivity contribution in [2.24, 2.45) is 5.92 Å². The van der Waals surface area contributed by atoms with Crippen LogP contribution < -0.4 is 10.6 Å². The Bertz CT molecular complexity index is 272. The fourth-order valence-corrected chi connectivity index (χ4v) is 2.50. The van der Waals surface area contributed by atoms with E-state index in [2.05, 4.69) is 22.6 Å². The summed E-state index contributed by atoms with van der Waals surface area (Å²) in [4.78, 5) is 14.1. The molecule has 0 bridgehead atoms. The van der Waals surface area contributed by atoms with E-state index in [9.17, 15) is 4.79 Å². The van der Waals surface area contributed by atoms with E-state index in [-0.39, 0.29) is 11.9 Å². The van der Waals surface area contributed by atoms with Gasteiger partial charge in [-0.25, -0.2) is 0 Å². The summed E-state index contributed by atoms with van der Waals surface area (Å²) in [7, 11) is 2.07. The number of hydrogen-bond acceptors (Lipinski definition) is 3. The topological polar surface area (TPSA) is 44.4 Å². The van der Waals surface area contributed by atoms with E-state index in [0.29, 0.717) is 6.04 Å². The van der Waals surface area contributed by atoms with Crippen molar-refractivity contribution < 1.29 is 4.79 Å². The minimum atomic E-state index is 0.00677. The van der Waals surface area contributed by atoms with Crippen molar-refractivity contribution in [2.75, 3.05) is 26.7 Å². The molecule has 2 N–H and O–H groups in total. The van der Waals surface area contributed by atoms with Gasteiger partial charge in [-0.3, -0.25) is 9.69 Å². The summed E-state index contributed by atoms with van der Waals surface area (Å²) in [6.45, 7) is 5.36. The van der Waals surface area contributed by atoms with E-state index < -0.39 is 0 Å². The third-order valence-electron chi connectivity index (χ3n) is 4.31. The molecule has 2 aliphatic rings. The highest BCUT2D eigenvalue weighted by Crippen LogP contribution is 2.19. The number of nitrogens with one attached hydrogen (secondary N) is 2. The Morgan fingerprint density at radius 3 is 2.61 bits per heavy atom. The van der Waals surface area contributed by atoms with Crippen LogP contribution in [0.1, 0.15) is 39.0 Å². The highest BCUT2D eigenvalue weighted by Gasteiger charge is 2.27. The van der Waals surface area contributed by atoms with Crippen molar-refractivity contribution in [1.29, 1.82) is 0 Å². The van der Waals surface area contributed by atoms with Crippen molar-refractivity contribution in [1.82, 2.24) is 15.5 Å². The van der Waals surface area contributed by atoms with Crippen molar-refractivity contribution in [3.63, 3.8) is 0 Å². The van der Waals surface area contributed by atoms with Crippen molar-refractivity contribution >= 4 is 5.91 Å². The molecule has 0 aromatic heterocycles. The summed E-state index contributed by atoms with van der Waals surface area (Å²) < 4.78 is 0. The number of rotatable bonds is 6. The third kappa shape index (κ3) is 4.25. The number of hydrogen-bond donors (Lipinski definition) is 2. The maximum atomic E-state index is 11.9. The van der Waals surface area contributed by atoms with Gasteiger partial charge in [-0.1, -0.05) is 0 Å². The first kappa shape index (κ1) is 13.8. The summed E-state index contributed by atoms with van der Waals surface area (Å²) in [5, 5.41) is 6.48. The summed E-state index contributed by atoms with van der Waals surface area (Å²) in [6, 6.07) is 0.477. The van der Waals surface area contributed by atoms with Gasteiger partial charge in [0.05, 0.1) is 6.04 Å². The maximum absolute atomic E-state index is 11.9. The number of amides is 1. The lowest BCUT2D eigenvalue weighted by atomic mass is 9.94. The van der Waals surface area contributed by atoms with Gasteiger partial charge in [0.1, 0.15) is 0 Å². The summed E-state index contributed by atoms with van der Waals surface area (Å²) in [5.41, 5.74) is 0. The average molecular weight is 253 g/mol. The molecule has 2 fully saturated rings. The van der Waals surface area contributed by atoms with Crippen molar-refractivity contribution in [3.8, 4) is 0 Å². The lowest BCUT2D eigenvalue weighted by Gasteiger charge is -2.28. The van der Waals surface area contributed by atoms with Crippen LogP contribution in [0.4, 0.5) is 0 Å². The monoisotopic (exact) mass is 253 g/mol. The molecule has 1 amide bonds. The lowest BCUT2D eigenvalue weighted by Crippen LogP contribution is -2.44. The van der Waals surface area contributed by atoms with Crippen LogP contribution >= 0.6 is 0 Å². The number of piperidine rings is 1. The van der Waals surface area contributed by atoms with Crippen molar-refractivity contribution in [2.45, 2.75) is 51.1 Å². The zero-order valence-electron chi connectivity index (χ0n) is 11.7. The second-order valence-electron chi connectivity index (χ2n) is 5.92. The summed E-state index contributed by atoms with van der Waals surface area (Å²) >= 11 is 0. The predicted octanol–water partition coefficient (Wildman–Crippen LogP) is 0.975. The van der Waals surface area contributed by atoms with Gasteiger partial charge in [0.25, 0.3) is 0 Å². The fraction of sp³-hybridized carbons (Fsp3) is 0.929. The standard InChI is InChI=1S/C14H27N3O/c1-11(14(18)16-13-3-4-13)17(2)10-7-12-5-8-15-9-6-12/h11-13,15H,3-10H2,1-2H3,(H,16,18). The zero-order valence-corrected chi connectivity index (χ0v) is 11.7. The van der Waals surface area contributed by atoms with Crippen LogP contribution in [-0.4, -0.2) is 49.6 Å². The predicted molar refractivity (Wildman–Crippen MR) is 73.5 cm³/mol.